The zero-order valence-corrected chi connectivity index (χ0v) is 76.9. The molecule has 12 aromatic carbocycles. The van der Waals surface area contributed by atoms with Crippen molar-refractivity contribution < 1.29 is 128 Å². The van der Waals surface area contributed by atoms with Gasteiger partial charge in [-0.1, -0.05) is 176 Å². The van der Waals surface area contributed by atoms with Crippen molar-refractivity contribution in [3.8, 4) is 29.1 Å². The first-order valence-corrected chi connectivity index (χ1v) is 51.1. The molecule has 0 unspecified atom stereocenters. The minimum absolute atomic E-state index is 0. The van der Waals surface area contributed by atoms with Crippen LogP contribution in [-0.4, -0.2) is 123 Å². The second-order valence-corrected chi connectivity index (χ2v) is 41.2. The van der Waals surface area contributed by atoms with Gasteiger partial charge < -0.3 is 37.5 Å². The fourth-order valence-electron chi connectivity index (χ4n) is 8.95. The molecule has 12 rings (SSSR count). The van der Waals surface area contributed by atoms with Gasteiger partial charge in [-0.15, -0.1) is 71.9 Å². The molecular weight excluding hydrogens is 1860 g/mol. The maximum absolute atomic E-state index is 12.3. The van der Waals surface area contributed by atoms with Crippen molar-refractivity contribution in [1.82, 2.24) is 0 Å². The molecule has 0 radical (unpaired) electrons. The van der Waals surface area contributed by atoms with E-state index in [1.165, 1.54) is 55.1 Å². The quantitative estimate of drug-likeness (QED) is 0.0215. The molecule has 0 aliphatic heterocycles. The number of hydrogen-bond donors (Lipinski definition) is 1. The molecule has 39 heteroatoms. The number of nitriles is 1. The number of unbranched alkanes of at least 4 members (excludes halogenated alkanes) is 1. The van der Waals surface area contributed by atoms with E-state index in [4.69, 9.17) is 56.7 Å². The standard InChI is InChI=1S/C12H9F3O3S2.C12H9NS.C12H12OS.C12H10OS.C11H10OS.C11H10O.C4H9.C2F6O5S2.C2H6S2.CN.Al.3ClH.Cu.Li/c1-19-11-7-9-5-3-2-4-8(9)6-10(11)18-20(16,17)12(13,14)15;1-14-12-7-10-5-3-2-4-9(10)6-11(12)8-13;1-13-11-7-9-5-3-4-6-10(9)8-12(11)14-2;1-14-12-7-10-5-3-2-4-9(10)6-11(12)8-13;1-13-11-7-9-5-3-2-4-8(9)6-10(11)12;1-12-11-7-6-9-4-2-3-5-10(9)8-11;1-3-4-2;3-1(4,5)14(9,10)13-15(11,12)2(6,7)8;1-4(2)3;1-2;;;;;;/h2-7H,1H3;2-7H,1H3;3-8H,1-2H3;2-8H,1H3;2-7,12H,1H3;2-8H,1H3;1,3-4H2,2H3;;1-2H3;;;3*1H;;/q;;;;;;-1;;;-1;+3;;;;2*+1/p-3. The van der Waals surface area contributed by atoms with Crippen LogP contribution in [-0.2, 0) is 71.7 Å². The fraction of sp³-hybridized carbons (Fsp3) is 0.190. The number of rotatable bonds is 13. The Kier molecular flexibility index (Phi) is 53.1. The number of halogens is 12. The van der Waals surface area contributed by atoms with Crippen molar-refractivity contribution in [1.29, 1.82) is 10.5 Å². The molecule has 0 aliphatic rings. The Bertz CT molecular complexity index is 5530. The van der Waals surface area contributed by atoms with Crippen LogP contribution in [0.4, 0.5) is 39.5 Å². The molecule has 0 aliphatic carbocycles. The second-order valence-electron chi connectivity index (χ2n) is 22.3. The van der Waals surface area contributed by atoms with Gasteiger partial charge >= 0.3 is 94.2 Å². The number of hydrogen-bond acceptors (Lipinski definition) is 20. The molecule has 0 bridgehead atoms. The van der Waals surface area contributed by atoms with Gasteiger partial charge in [0.1, 0.15) is 23.3 Å². The van der Waals surface area contributed by atoms with Crippen molar-refractivity contribution >= 4 is 222 Å². The number of aromatic hydroxyl groups is 1. The van der Waals surface area contributed by atoms with Crippen LogP contribution in [0.2, 0.25) is 0 Å². The molecule has 0 aromatic heterocycles. The van der Waals surface area contributed by atoms with E-state index in [0.717, 1.165) is 83.3 Å². The predicted molar refractivity (Wildman–Crippen MR) is 469 cm³/mol. The number of phenolic OH excluding ortho intramolecular Hbond substituents is 1. The van der Waals surface area contributed by atoms with Crippen LogP contribution < -0.4 is 32.5 Å². The summed E-state index contributed by atoms with van der Waals surface area (Å²) in [7, 11) is -0.906. The fourth-order valence-corrected chi connectivity index (χ4v) is 13.8. The van der Waals surface area contributed by atoms with Crippen LogP contribution in [0.5, 0.6) is 23.0 Å². The number of aldehydes is 1. The maximum Gasteiger partial charge on any atom is 1.00 e. The summed E-state index contributed by atoms with van der Waals surface area (Å²) < 4.78 is 184. The first-order valence-electron chi connectivity index (χ1n) is 32.6. The second kappa shape index (κ2) is 56.0. The normalized spacial score (nSPS) is 10.7. The largest absolute Gasteiger partial charge is 1.00 e. The molecule has 0 atom stereocenters. The Morgan fingerprint density at radius 1 is 0.483 bits per heavy atom. The number of methoxy groups -OCH3 is 2. The van der Waals surface area contributed by atoms with E-state index in [1.54, 1.807) is 104 Å². The van der Waals surface area contributed by atoms with Crippen molar-refractivity contribution in [2.75, 3.05) is 58.0 Å². The third-order valence-corrected chi connectivity index (χ3v) is 21.7. The van der Waals surface area contributed by atoms with E-state index in [-0.39, 0.29) is 51.1 Å². The van der Waals surface area contributed by atoms with E-state index in [0.29, 0.717) is 16.0 Å². The first-order chi connectivity index (χ1) is 54.6. The molecule has 14 nitrogen and oxygen atoms in total. The number of fused-ring (bicyclic) bond motifs is 6. The SMILES string of the molecule is COc1cc2ccccc2cc1SC.COc1ccc2ccccc2c1.CS(C)=S.CSc1cc2ccccc2cc1C#N.CSc1cc2ccccc2cc1C=O.CSc1cc2ccccc2cc1O.CSc1cc2ccccc2cc1OS(=O)(=O)C(F)(F)F.O=S(=O)(OS(=O)(=O)C(F)(F)F)C(F)(F)F.[C-]#N.[CH2-]CCC.[Cl][Al]([Cl])[Cl].[Cu+].[Li+]. The minimum Gasteiger partial charge on any atom is -0.512 e. The Hall–Kier alpha value is -5.93. The third kappa shape index (κ3) is 37.8. The summed E-state index contributed by atoms with van der Waals surface area (Å²) in [6.07, 6.45) is 16.8. The third-order valence-electron chi connectivity index (χ3n) is 14.3. The number of ether oxygens (including phenoxy) is 2. The molecule has 118 heavy (non-hydrogen) atoms. The van der Waals surface area contributed by atoms with E-state index >= 15 is 0 Å². The molecule has 0 spiro atoms. The topological polar surface area (TPSA) is 224 Å². The van der Waals surface area contributed by atoms with Gasteiger partial charge in [-0.25, -0.2) is 30.1 Å². The molecule has 12 aromatic rings. The zero-order chi connectivity index (χ0) is 87.8. The smallest absolute Gasteiger partial charge is 0.512 e. The monoisotopic (exact) mass is 1940 g/mol. The van der Waals surface area contributed by atoms with Crippen LogP contribution in [0.3, 0.4) is 0 Å². The average Bonchev–Trinajstić information content (AvgIpc) is 0.798. The first kappa shape index (κ1) is 112. The number of phenols is 1. The van der Waals surface area contributed by atoms with Gasteiger partial charge in [-0.2, -0.15) is 76.4 Å². The van der Waals surface area contributed by atoms with Crippen molar-refractivity contribution in [2.24, 2.45) is 0 Å². The maximum atomic E-state index is 12.3. The molecule has 632 valence electrons. The van der Waals surface area contributed by atoms with Gasteiger partial charge in [0, 0.05) is 25.1 Å². The zero-order valence-electron chi connectivity index (χ0n) is 64.4. The summed E-state index contributed by atoms with van der Waals surface area (Å²) in [4.78, 5) is 15.3. The van der Waals surface area contributed by atoms with Gasteiger partial charge in [0.2, 0.25) is 0 Å². The van der Waals surface area contributed by atoms with Crippen molar-refractivity contribution in [2.45, 2.75) is 60.8 Å². The van der Waals surface area contributed by atoms with Crippen LogP contribution in [0.25, 0.3) is 64.6 Å². The number of benzene rings is 12. The van der Waals surface area contributed by atoms with Crippen LogP contribution in [0.1, 0.15) is 35.7 Å². The molecule has 0 saturated heterocycles. The van der Waals surface area contributed by atoms with Gasteiger partial charge in [0.15, 0.2) is 12.0 Å². The number of alkyl halides is 9. The Balaban J connectivity index is 0.00000132. The van der Waals surface area contributed by atoms with Gasteiger partial charge in [-0.3, -0.25) is 4.79 Å². The number of nitrogens with zero attached hydrogens (tertiary/aromatic N) is 2. The predicted octanol–water partition coefficient (Wildman–Crippen LogP) is 21.7. The molecular formula is C79H75AlCl3CuF9LiN2O12S10. The summed E-state index contributed by atoms with van der Waals surface area (Å²) in [5.74, 6) is 1.91. The van der Waals surface area contributed by atoms with Crippen molar-refractivity contribution in [3.05, 3.63) is 249 Å². The summed E-state index contributed by atoms with van der Waals surface area (Å²) >= 11 is 10.5. The summed E-state index contributed by atoms with van der Waals surface area (Å²) in [5.41, 5.74) is -16.4. The van der Waals surface area contributed by atoms with E-state index < -0.39 is 58.3 Å². The Labute approximate surface area is 749 Å². The summed E-state index contributed by atoms with van der Waals surface area (Å²) in [5, 5.41) is 38.0. The van der Waals surface area contributed by atoms with Crippen LogP contribution in [0.15, 0.2) is 249 Å². The van der Waals surface area contributed by atoms with Crippen LogP contribution in [0, 0.1) is 30.1 Å². The Morgan fingerprint density at radius 3 is 1.08 bits per heavy atom. The van der Waals surface area contributed by atoms with Gasteiger partial charge in [-0.05, 0) is 181 Å². The van der Waals surface area contributed by atoms with Crippen LogP contribution >= 0.6 is 89.0 Å². The van der Waals surface area contributed by atoms with Crippen molar-refractivity contribution in [3.63, 3.8) is 0 Å². The molecule has 0 heterocycles. The van der Waals surface area contributed by atoms with Gasteiger partial charge in [0.25, 0.3) is 0 Å². The Morgan fingerprint density at radius 2 is 0.763 bits per heavy atom. The number of thioether (sulfide) groups is 5. The number of carbonyl (C=O) groups is 1. The molecule has 0 fully saturated rings. The summed E-state index contributed by atoms with van der Waals surface area (Å²) in [6, 6.07) is 74.9. The molecule has 0 amide bonds. The van der Waals surface area contributed by atoms with E-state index in [9.17, 15) is 74.7 Å². The molecule has 0 saturated carbocycles. The number of carbonyl (C=O) groups excluding carboxylic acids is 1. The van der Waals surface area contributed by atoms with E-state index in [2.05, 4.69) is 120 Å². The summed E-state index contributed by atoms with van der Waals surface area (Å²) in [6.45, 7) is 10.5. The molecule has 1 N–H and O–H groups in total. The minimum atomic E-state index is -6.85. The van der Waals surface area contributed by atoms with E-state index in [1.807, 2.05) is 138 Å². The average molecular weight is 1940 g/mol. The van der Waals surface area contributed by atoms with Gasteiger partial charge in [0.05, 0.1) is 24.7 Å².